The first kappa shape index (κ1) is 11.9. The Hall–Kier alpha value is -1.20. The molecule has 1 atom stereocenters. The molecule has 2 aromatic rings. The van der Waals surface area contributed by atoms with Crippen molar-refractivity contribution in [3.8, 4) is 11.4 Å². The number of aromatic nitrogens is 2. The number of nitrogens with zero attached hydrogens (tertiary/aromatic N) is 2. The van der Waals surface area contributed by atoms with Crippen molar-refractivity contribution >= 4 is 15.9 Å². The fraction of sp³-hybridized carbons (Fsp3) is 0.385. The Morgan fingerprint density at radius 3 is 3.06 bits per heavy atom. The normalized spacial score (nSPS) is 19.3. The van der Waals surface area contributed by atoms with E-state index in [0.717, 1.165) is 35.4 Å². The van der Waals surface area contributed by atoms with Gasteiger partial charge in [-0.15, -0.1) is 0 Å². The highest BCUT2D eigenvalue weighted by molar-refractivity contribution is 9.10. The SMILES string of the molecule is Brc1ccccc1-c1noc(CC2CCNC2)n1. The first-order valence-corrected chi connectivity index (χ1v) is 6.90. The van der Waals surface area contributed by atoms with Gasteiger partial charge in [-0.25, -0.2) is 0 Å². The van der Waals surface area contributed by atoms with Crippen molar-refractivity contribution < 1.29 is 4.52 Å². The first-order valence-electron chi connectivity index (χ1n) is 6.11. The highest BCUT2D eigenvalue weighted by atomic mass is 79.9. The van der Waals surface area contributed by atoms with Crippen molar-refractivity contribution in [2.45, 2.75) is 12.8 Å². The Labute approximate surface area is 114 Å². The lowest BCUT2D eigenvalue weighted by Gasteiger charge is -2.02. The molecular formula is C13H14BrN3O. The van der Waals surface area contributed by atoms with E-state index < -0.39 is 0 Å². The Morgan fingerprint density at radius 1 is 1.39 bits per heavy atom. The summed E-state index contributed by atoms with van der Waals surface area (Å²) >= 11 is 3.50. The van der Waals surface area contributed by atoms with E-state index in [1.165, 1.54) is 6.42 Å². The third kappa shape index (κ3) is 2.47. The lowest BCUT2D eigenvalue weighted by molar-refractivity contribution is 0.358. The van der Waals surface area contributed by atoms with Crippen LogP contribution < -0.4 is 5.32 Å². The molecule has 1 aliphatic rings. The summed E-state index contributed by atoms with van der Waals surface area (Å²) in [5, 5.41) is 7.40. The second kappa shape index (κ2) is 5.20. The summed E-state index contributed by atoms with van der Waals surface area (Å²) in [5.41, 5.74) is 0.969. The van der Waals surface area contributed by atoms with Gasteiger partial charge in [-0.1, -0.05) is 33.2 Å². The molecule has 94 valence electrons. The maximum absolute atomic E-state index is 5.33. The van der Waals surface area contributed by atoms with Crippen LogP contribution in [0.3, 0.4) is 0 Å². The monoisotopic (exact) mass is 307 g/mol. The zero-order valence-corrected chi connectivity index (χ0v) is 11.5. The van der Waals surface area contributed by atoms with Crippen LogP contribution in [0.5, 0.6) is 0 Å². The summed E-state index contributed by atoms with van der Waals surface area (Å²) in [6.45, 7) is 2.14. The number of benzene rings is 1. The van der Waals surface area contributed by atoms with Gasteiger partial charge in [0.1, 0.15) is 0 Å². The van der Waals surface area contributed by atoms with Crippen LogP contribution in [0.1, 0.15) is 12.3 Å². The Balaban J connectivity index is 1.79. The quantitative estimate of drug-likeness (QED) is 0.947. The maximum Gasteiger partial charge on any atom is 0.227 e. The molecular weight excluding hydrogens is 294 g/mol. The standard InChI is InChI=1S/C13H14BrN3O/c14-11-4-2-1-3-10(11)13-16-12(18-17-13)7-9-5-6-15-8-9/h1-4,9,15H,5-8H2. The Morgan fingerprint density at radius 2 is 2.28 bits per heavy atom. The van der Waals surface area contributed by atoms with E-state index in [4.69, 9.17) is 4.52 Å². The van der Waals surface area contributed by atoms with Crippen molar-refractivity contribution in [1.29, 1.82) is 0 Å². The van der Waals surface area contributed by atoms with Gasteiger partial charge < -0.3 is 9.84 Å². The molecule has 1 saturated heterocycles. The lowest BCUT2D eigenvalue weighted by Crippen LogP contribution is -2.10. The van der Waals surface area contributed by atoms with Crippen molar-refractivity contribution in [3.05, 3.63) is 34.6 Å². The molecule has 1 aromatic carbocycles. The number of hydrogen-bond donors (Lipinski definition) is 1. The van der Waals surface area contributed by atoms with Crippen molar-refractivity contribution in [3.63, 3.8) is 0 Å². The Bertz CT molecular complexity index is 535. The molecule has 18 heavy (non-hydrogen) atoms. The summed E-state index contributed by atoms with van der Waals surface area (Å²) in [6.07, 6.45) is 2.05. The minimum Gasteiger partial charge on any atom is -0.339 e. The summed E-state index contributed by atoms with van der Waals surface area (Å²) < 4.78 is 6.31. The van der Waals surface area contributed by atoms with E-state index in [1.807, 2.05) is 24.3 Å². The molecule has 2 heterocycles. The zero-order valence-electron chi connectivity index (χ0n) is 9.90. The molecule has 1 fully saturated rings. The minimum absolute atomic E-state index is 0.623. The fourth-order valence-corrected chi connectivity index (χ4v) is 2.69. The predicted molar refractivity (Wildman–Crippen MR) is 72.1 cm³/mol. The van der Waals surface area contributed by atoms with Gasteiger partial charge in [-0.2, -0.15) is 4.98 Å². The van der Waals surface area contributed by atoms with E-state index in [9.17, 15) is 0 Å². The third-order valence-electron chi connectivity index (χ3n) is 3.21. The van der Waals surface area contributed by atoms with Crippen LogP contribution in [-0.2, 0) is 6.42 Å². The second-order valence-corrected chi connectivity index (χ2v) is 5.41. The number of rotatable bonds is 3. The van der Waals surface area contributed by atoms with E-state index in [-0.39, 0.29) is 0 Å². The van der Waals surface area contributed by atoms with Gasteiger partial charge in [-0.05, 0) is 37.6 Å². The summed E-state index contributed by atoms with van der Waals surface area (Å²) in [6, 6.07) is 7.90. The van der Waals surface area contributed by atoms with Gasteiger partial charge in [0.15, 0.2) is 0 Å². The van der Waals surface area contributed by atoms with Gasteiger partial charge in [0.2, 0.25) is 11.7 Å². The maximum atomic E-state index is 5.33. The van der Waals surface area contributed by atoms with Crippen LogP contribution >= 0.6 is 15.9 Å². The summed E-state index contributed by atoms with van der Waals surface area (Å²) in [7, 11) is 0. The topological polar surface area (TPSA) is 51.0 Å². The molecule has 4 nitrogen and oxygen atoms in total. The average Bonchev–Trinajstić information content (AvgIpc) is 3.02. The van der Waals surface area contributed by atoms with Gasteiger partial charge in [-0.3, -0.25) is 0 Å². The van der Waals surface area contributed by atoms with E-state index in [1.54, 1.807) is 0 Å². The van der Waals surface area contributed by atoms with Gasteiger partial charge in [0.25, 0.3) is 0 Å². The Kier molecular flexibility index (Phi) is 3.43. The van der Waals surface area contributed by atoms with Crippen LogP contribution in [-0.4, -0.2) is 23.2 Å². The molecule has 1 aromatic heterocycles. The summed E-state index contributed by atoms with van der Waals surface area (Å²) in [5.74, 6) is 2.01. The minimum atomic E-state index is 0.623. The summed E-state index contributed by atoms with van der Waals surface area (Å²) in [4.78, 5) is 4.47. The van der Waals surface area contributed by atoms with Crippen molar-refractivity contribution in [2.75, 3.05) is 13.1 Å². The molecule has 3 rings (SSSR count). The number of nitrogens with one attached hydrogen (secondary N) is 1. The smallest absolute Gasteiger partial charge is 0.227 e. The number of hydrogen-bond acceptors (Lipinski definition) is 4. The van der Waals surface area contributed by atoms with Crippen molar-refractivity contribution in [2.24, 2.45) is 5.92 Å². The molecule has 1 unspecified atom stereocenters. The van der Waals surface area contributed by atoms with E-state index in [2.05, 4.69) is 31.4 Å². The largest absolute Gasteiger partial charge is 0.339 e. The van der Waals surface area contributed by atoms with Crippen molar-refractivity contribution in [1.82, 2.24) is 15.5 Å². The highest BCUT2D eigenvalue weighted by Gasteiger charge is 2.19. The molecule has 0 aliphatic carbocycles. The van der Waals surface area contributed by atoms with E-state index >= 15 is 0 Å². The number of halogens is 1. The average molecular weight is 308 g/mol. The molecule has 0 saturated carbocycles. The van der Waals surface area contributed by atoms with E-state index in [0.29, 0.717) is 11.7 Å². The predicted octanol–water partition coefficient (Wildman–Crippen LogP) is 2.65. The fourth-order valence-electron chi connectivity index (χ4n) is 2.23. The highest BCUT2D eigenvalue weighted by Crippen LogP contribution is 2.26. The second-order valence-electron chi connectivity index (χ2n) is 4.55. The lowest BCUT2D eigenvalue weighted by atomic mass is 10.1. The third-order valence-corrected chi connectivity index (χ3v) is 3.90. The van der Waals surface area contributed by atoms with Crippen LogP contribution in [0.25, 0.3) is 11.4 Å². The molecule has 1 N–H and O–H groups in total. The molecule has 5 heteroatoms. The van der Waals surface area contributed by atoms with Crippen LogP contribution in [0, 0.1) is 5.92 Å². The molecule has 0 bridgehead atoms. The van der Waals surface area contributed by atoms with Gasteiger partial charge in [0, 0.05) is 16.5 Å². The molecule has 0 radical (unpaired) electrons. The molecule has 0 spiro atoms. The van der Waals surface area contributed by atoms with Crippen LogP contribution in [0.2, 0.25) is 0 Å². The first-order chi connectivity index (χ1) is 8.83. The van der Waals surface area contributed by atoms with Crippen LogP contribution in [0.15, 0.2) is 33.3 Å². The van der Waals surface area contributed by atoms with Gasteiger partial charge in [0.05, 0.1) is 0 Å². The zero-order chi connectivity index (χ0) is 12.4. The van der Waals surface area contributed by atoms with Crippen LogP contribution in [0.4, 0.5) is 0 Å². The molecule has 0 amide bonds. The molecule has 1 aliphatic heterocycles. The van der Waals surface area contributed by atoms with Gasteiger partial charge >= 0.3 is 0 Å².